The van der Waals surface area contributed by atoms with Crippen LogP contribution >= 0.6 is 27.3 Å². The minimum atomic E-state index is -1.01. The molecule has 1 aromatic heterocycles. The molecule has 0 bridgehead atoms. The summed E-state index contributed by atoms with van der Waals surface area (Å²) in [4.78, 5) is 15.1. The van der Waals surface area contributed by atoms with Gasteiger partial charge < -0.3 is 10.8 Å². The van der Waals surface area contributed by atoms with E-state index in [-0.39, 0.29) is 6.42 Å². The number of hydrogen-bond acceptors (Lipinski definition) is 4. The van der Waals surface area contributed by atoms with Crippen LogP contribution in [-0.2, 0) is 11.2 Å². The molecule has 4 nitrogen and oxygen atoms in total. The monoisotopic (exact) mass is 326 g/mol. The highest BCUT2D eigenvalue weighted by atomic mass is 79.9. The first-order valence-corrected chi connectivity index (χ1v) is 6.93. The molecule has 94 valence electrons. The van der Waals surface area contributed by atoms with Crippen LogP contribution in [0.15, 0.2) is 34.1 Å². The summed E-state index contributed by atoms with van der Waals surface area (Å²) < 4.78 is 0.966. The molecular weight excluding hydrogens is 316 g/mol. The Morgan fingerprint density at radius 2 is 2.22 bits per heavy atom. The number of carboxylic acids is 1. The molecule has 0 radical (unpaired) electrons. The van der Waals surface area contributed by atoms with Crippen molar-refractivity contribution in [3.8, 4) is 10.6 Å². The lowest BCUT2D eigenvalue weighted by Crippen LogP contribution is -2.32. The van der Waals surface area contributed by atoms with E-state index >= 15 is 0 Å². The molecule has 2 rings (SSSR count). The van der Waals surface area contributed by atoms with Crippen molar-refractivity contribution in [3.05, 3.63) is 39.8 Å². The van der Waals surface area contributed by atoms with Gasteiger partial charge in [0.25, 0.3) is 0 Å². The second kappa shape index (κ2) is 5.60. The molecule has 0 aliphatic carbocycles. The van der Waals surface area contributed by atoms with Crippen LogP contribution in [0.5, 0.6) is 0 Å². The summed E-state index contributed by atoms with van der Waals surface area (Å²) in [5, 5.41) is 11.5. The normalized spacial score (nSPS) is 12.3. The quantitative estimate of drug-likeness (QED) is 0.905. The van der Waals surface area contributed by atoms with Crippen LogP contribution in [0.3, 0.4) is 0 Å². The molecule has 1 aromatic carbocycles. The van der Waals surface area contributed by atoms with Crippen LogP contribution in [0.4, 0.5) is 0 Å². The number of aliphatic carboxylic acids is 1. The largest absolute Gasteiger partial charge is 0.480 e. The van der Waals surface area contributed by atoms with Crippen LogP contribution in [0.25, 0.3) is 10.6 Å². The van der Waals surface area contributed by atoms with Crippen molar-refractivity contribution in [2.45, 2.75) is 12.5 Å². The van der Waals surface area contributed by atoms with Gasteiger partial charge in [-0.15, -0.1) is 11.3 Å². The van der Waals surface area contributed by atoms with Gasteiger partial charge in [0.05, 0.1) is 5.69 Å². The van der Waals surface area contributed by atoms with Gasteiger partial charge >= 0.3 is 5.97 Å². The average molecular weight is 327 g/mol. The molecule has 1 atom stereocenters. The van der Waals surface area contributed by atoms with Gasteiger partial charge in [-0.2, -0.15) is 0 Å². The van der Waals surface area contributed by atoms with Crippen molar-refractivity contribution >= 4 is 33.2 Å². The Balaban J connectivity index is 2.21. The van der Waals surface area contributed by atoms with Gasteiger partial charge in [0.1, 0.15) is 11.0 Å². The molecule has 1 unspecified atom stereocenters. The fraction of sp³-hybridized carbons (Fsp3) is 0.167. The first kappa shape index (κ1) is 13.2. The molecule has 2 aromatic rings. The first-order chi connectivity index (χ1) is 8.58. The average Bonchev–Trinajstić information content (AvgIpc) is 2.77. The maximum Gasteiger partial charge on any atom is 0.320 e. The molecule has 1 heterocycles. The number of thiazole rings is 1. The highest BCUT2D eigenvalue weighted by Gasteiger charge is 2.15. The lowest BCUT2D eigenvalue weighted by Gasteiger charge is -2.02. The number of halogens is 1. The van der Waals surface area contributed by atoms with E-state index in [1.54, 1.807) is 0 Å². The number of carboxylic acid groups (broad SMARTS) is 1. The minimum Gasteiger partial charge on any atom is -0.480 e. The summed E-state index contributed by atoms with van der Waals surface area (Å²) in [6.07, 6.45) is 0.246. The maximum atomic E-state index is 10.7. The molecule has 0 aliphatic heterocycles. The predicted molar refractivity (Wildman–Crippen MR) is 74.6 cm³/mol. The number of rotatable bonds is 4. The van der Waals surface area contributed by atoms with E-state index < -0.39 is 12.0 Å². The maximum absolute atomic E-state index is 10.7. The zero-order chi connectivity index (χ0) is 13.1. The van der Waals surface area contributed by atoms with Gasteiger partial charge in [0.15, 0.2) is 0 Å². The van der Waals surface area contributed by atoms with E-state index in [0.717, 1.165) is 15.0 Å². The molecule has 18 heavy (non-hydrogen) atoms. The van der Waals surface area contributed by atoms with E-state index in [2.05, 4.69) is 20.9 Å². The summed E-state index contributed by atoms with van der Waals surface area (Å²) in [6.45, 7) is 0. The molecule has 0 saturated carbocycles. The third-order valence-electron chi connectivity index (χ3n) is 2.40. The van der Waals surface area contributed by atoms with E-state index in [0.29, 0.717) is 5.69 Å². The van der Waals surface area contributed by atoms with Crippen LogP contribution < -0.4 is 5.73 Å². The number of benzene rings is 1. The highest BCUT2D eigenvalue weighted by molar-refractivity contribution is 9.10. The second-order valence-corrected chi connectivity index (χ2v) is 5.49. The van der Waals surface area contributed by atoms with Crippen molar-refractivity contribution in [2.24, 2.45) is 5.73 Å². The van der Waals surface area contributed by atoms with Crippen LogP contribution in [-0.4, -0.2) is 22.1 Å². The topological polar surface area (TPSA) is 76.2 Å². The Morgan fingerprint density at radius 3 is 2.89 bits per heavy atom. The summed E-state index contributed by atoms with van der Waals surface area (Å²) in [5.41, 5.74) is 7.19. The van der Waals surface area contributed by atoms with E-state index in [1.807, 2.05) is 29.6 Å². The molecule has 0 aliphatic rings. The lowest BCUT2D eigenvalue weighted by atomic mass is 10.2. The van der Waals surface area contributed by atoms with E-state index in [9.17, 15) is 4.79 Å². The zero-order valence-electron chi connectivity index (χ0n) is 9.34. The molecule has 0 amide bonds. The summed E-state index contributed by atoms with van der Waals surface area (Å²) in [7, 11) is 0. The van der Waals surface area contributed by atoms with Crippen molar-refractivity contribution < 1.29 is 9.90 Å². The predicted octanol–water partition coefficient (Wildman–Crippen LogP) is 2.53. The van der Waals surface area contributed by atoms with Crippen LogP contribution in [0, 0.1) is 0 Å². The zero-order valence-corrected chi connectivity index (χ0v) is 11.7. The molecular formula is C12H11BrN2O2S. The van der Waals surface area contributed by atoms with Gasteiger partial charge in [-0.05, 0) is 6.07 Å². The van der Waals surface area contributed by atoms with Crippen molar-refractivity contribution in [2.75, 3.05) is 0 Å². The van der Waals surface area contributed by atoms with Crippen LogP contribution in [0.2, 0.25) is 0 Å². The Kier molecular flexibility index (Phi) is 4.11. The summed E-state index contributed by atoms with van der Waals surface area (Å²) in [6, 6.07) is 6.87. The lowest BCUT2D eigenvalue weighted by molar-refractivity contribution is -0.138. The second-order valence-electron chi connectivity index (χ2n) is 3.77. The van der Waals surface area contributed by atoms with Crippen LogP contribution in [0.1, 0.15) is 5.69 Å². The smallest absolute Gasteiger partial charge is 0.320 e. The fourth-order valence-corrected chi connectivity index (χ4v) is 2.95. The van der Waals surface area contributed by atoms with E-state index in [4.69, 9.17) is 10.8 Å². The Morgan fingerprint density at radius 1 is 1.50 bits per heavy atom. The van der Waals surface area contributed by atoms with Gasteiger partial charge in [-0.25, -0.2) is 4.98 Å². The SMILES string of the molecule is NC(Cc1csc(-c2ccccc2Br)n1)C(=O)O. The number of aromatic nitrogens is 1. The van der Waals surface area contributed by atoms with Gasteiger partial charge in [-0.3, -0.25) is 4.79 Å². The Labute approximate surface area is 117 Å². The van der Waals surface area contributed by atoms with Gasteiger partial charge in [0.2, 0.25) is 0 Å². The standard InChI is InChI=1S/C12H11BrN2O2S/c13-9-4-2-1-3-8(9)11-15-7(6-18-11)5-10(14)12(16)17/h1-4,6,10H,5,14H2,(H,16,17). The third-order valence-corrected chi connectivity index (χ3v) is 4.02. The van der Waals surface area contributed by atoms with Crippen molar-refractivity contribution in [1.29, 1.82) is 0 Å². The number of carbonyl (C=O) groups is 1. The molecule has 0 fully saturated rings. The number of nitrogens with two attached hydrogens (primary N) is 1. The molecule has 3 N–H and O–H groups in total. The van der Waals surface area contributed by atoms with Gasteiger partial charge in [-0.1, -0.05) is 34.1 Å². The summed E-state index contributed by atoms with van der Waals surface area (Å²) in [5.74, 6) is -1.01. The third kappa shape index (κ3) is 2.95. The summed E-state index contributed by atoms with van der Waals surface area (Å²) >= 11 is 4.95. The van der Waals surface area contributed by atoms with Crippen molar-refractivity contribution in [1.82, 2.24) is 4.98 Å². The first-order valence-electron chi connectivity index (χ1n) is 5.25. The minimum absolute atomic E-state index is 0.246. The highest BCUT2D eigenvalue weighted by Crippen LogP contribution is 2.30. The Hall–Kier alpha value is -1.24. The number of hydrogen-bond donors (Lipinski definition) is 2. The molecule has 0 saturated heterocycles. The van der Waals surface area contributed by atoms with E-state index in [1.165, 1.54) is 11.3 Å². The van der Waals surface area contributed by atoms with Gasteiger partial charge in [0, 0.05) is 21.8 Å². The number of nitrogens with zero attached hydrogens (tertiary/aromatic N) is 1. The molecule has 0 spiro atoms. The molecule has 6 heteroatoms. The fourth-order valence-electron chi connectivity index (χ4n) is 1.47. The van der Waals surface area contributed by atoms with Crippen molar-refractivity contribution in [3.63, 3.8) is 0 Å². The Bertz CT molecular complexity index is 571.